The molecule has 0 bridgehead atoms. The van der Waals surface area contributed by atoms with E-state index in [9.17, 15) is 9.90 Å². The van der Waals surface area contributed by atoms with Crippen LogP contribution < -0.4 is 5.32 Å². The van der Waals surface area contributed by atoms with Crippen molar-refractivity contribution < 1.29 is 9.90 Å². The van der Waals surface area contributed by atoms with Gasteiger partial charge in [-0.2, -0.15) is 0 Å². The second-order valence-corrected chi connectivity index (χ2v) is 3.60. The number of carbonyl (C=O) groups is 1. The van der Waals surface area contributed by atoms with E-state index in [1.165, 1.54) is 19.1 Å². The molecule has 0 fully saturated rings. The van der Waals surface area contributed by atoms with Crippen molar-refractivity contribution in [1.82, 2.24) is 10.3 Å². The van der Waals surface area contributed by atoms with E-state index in [4.69, 9.17) is 11.6 Å². The first-order valence-electron chi connectivity index (χ1n) is 4.86. The number of pyridine rings is 1. The van der Waals surface area contributed by atoms with Gasteiger partial charge in [-0.05, 0) is 24.6 Å². The molecule has 0 saturated heterocycles. The summed E-state index contributed by atoms with van der Waals surface area (Å²) in [6, 6.07) is 3.01. The molecule has 2 N–H and O–H groups in total. The van der Waals surface area contributed by atoms with Crippen LogP contribution in [0, 0.1) is 0 Å². The number of aromatic hydroxyl groups is 1. The normalized spacial score (nSPS) is 10.6. The van der Waals surface area contributed by atoms with Crippen LogP contribution in [-0.4, -0.2) is 22.5 Å². The molecule has 0 saturated carbocycles. The van der Waals surface area contributed by atoms with E-state index in [1.54, 1.807) is 6.08 Å². The molecule has 86 valence electrons. The van der Waals surface area contributed by atoms with Crippen molar-refractivity contribution in [3.63, 3.8) is 0 Å². The lowest BCUT2D eigenvalue weighted by Crippen LogP contribution is -2.20. The van der Waals surface area contributed by atoms with E-state index in [0.717, 1.165) is 0 Å². The second kappa shape index (κ2) is 6.12. The Morgan fingerprint density at radius 3 is 3.06 bits per heavy atom. The summed E-state index contributed by atoms with van der Waals surface area (Å²) in [4.78, 5) is 14.5. The first-order valence-corrected chi connectivity index (χ1v) is 5.24. The number of amides is 1. The minimum Gasteiger partial charge on any atom is -0.506 e. The highest BCUT2D eigenvalue weighted by Crippen LogP contribution is 2.18. The highest BCUT2D eigenvalue weighted by atomic mass is 35.5. The Bertz CT molecular complexity index is 405. The summed E-state index contributed by atoms with van der Waals surface area (Å²) < 4.78 is 0. The van der Waals surface area contributed by atoms with E-state index >= 15 is 0 Å². The van der Waals surface area contributed by atoms with Crippen LogP contribution in [0.5, 0.6) is 5.75 Å². The van der Waals surface area contributed by atoms with Crippen molar-refractivity contribution in [1.29, 1.82) is 0 Å². The lowest BCUT2D eigenvalue weighted by Gasteiger charge is -1.99. The molecule has 1 amide bonds. The molecule has 0 unspecified atom stereocenters. The maximum Gasteiger partial charge on any atom is 0.216 e. The second-order valence-electron chi connectivity index (χ2n) is 3.21. The van der Waals surface area contributed by atoms with E-state index in [0.29, 0.717) is 23.8 Å². The molecule has 4 nitrogen and oxygen atoms in total. The predicted molar refractivity (Wildman–Crippen MR) is 63.2 cm³/mol. The maximum absolute atomic E-state index is 10.6. The highest BCUT2D eigenvalue weighted by Gasteiger charge is 1.99. The Hall–Kier alpha value is -1.55. The Balaban J connectivity index is 2.49. The SMILES string of the molecule is CC(=O)NCCC=Cc1nc(Cl)ccc1O. The predicted octanol–water partition coefficient (Wildman–Crippen LogP) is 1.98. The number of hydrogen-bond acceptors (Lipinski definition) is 3. The average Bonchev–Trinajstić information content (AvgIpc) is 2.22. The van der Waals surface area contributed by atoms with Gasteiger partial charge in [-0.3, -0.25) is 4.79 Å². The summed E-state index contributed by atoms with van der Waals surface area (Å²) in [6.45, 7) is 2.03. The van der Waals surface area contributed by atoms with Gasteiger partial charge in [0.1, 0.15) is 16.6 Å². The molecule has 1 aromatic rings. The molecule has 0 atom stereocenters. The van der Waals surface area contributed by atoms with Gasteiger partial charge in [-0.1, -0.05) is 17.7 Å². The number of nitrogens with zero attached hydrogens (tertiary/aromatic N) is 1. The standard InChI is InChI=1S/C11H13ClN2O2/c1-8(15)13-7-3-2-4-9-10(16)5-6-11(12)14-9/h2,4-6,16H,3,7H2,1H3,(H,13,15). The van der Waals surface area contributed by atoms with Crippen LogP contribution in [0.4, 0.5) is 0 Å². The minimum absolute atomic E-state index is 0.0582. The van der Waals surface area contributed by atoms with Gasteiger partial charge in [0.25, 0.3) is 0 Å². The Kier molecular flexibility index (Phi) is 4.79. The molecule has 1 aromatic heterocycles. The van der Waals surface area contributed by atoms with Gasteiger partial charge in [-0.25, -0.2) is 4.98 Å². The van der Waals surface area contributed by atoms with Gasteiger partial charge in [0.05, 0.1) is 0 Å². The number of rotatable bonds is 4. The van der Waals surface area contributed by atoms with Gasteiger partial charge in [0, 0.05) is 13.5 Å². The Labute approximate surface area is 99.0 Å². The van der Waals surface area contributed by atoms with Gasteiger partial charge in [-0.15, -0.1) is 0 Å². The van der Waals surface area contributed by atoms with E-state index in [1.807, 2.05) is 6.08 Å². The quantitative estimate of drug-likeness (QED) is 0.625. The van der Waals surface area contributed by atoms with Crippen molar-refractivity contribution in [3.8, 4) is 5.75 Å². The fraction of sp³-hybridized carbons (Fsp3) is 0.273. The number of hydrogen-bond donors (Lipinski definition) is 2. The topological polar surface area (TPSA) is 62.2 Å². The summed E-state index contributed by atoms with van der Waals surface area (Å²) >= 11 is 5.69. The fourth-order valence-electron chi connectivity index (χ4n) is 1.09. The van der Waals surface area contributed by atoms with E-state index < -0.39 is 0 Å². The molecule has 0 aliphatic heterocycles. The van der Waals surface area contributed by atoms with Crippen LogP contribution in [0.15, 0.2) is 18.2 Å². The van der Waals surface area contributed by atoms with Crippen LogP contribution >= 0.6 is 11.6 Å². The lowest BCUT2D eigenvalue weighted by atomic mass is 10.2. The minimum atomic E-state index is -0.0582. The van der Waals surface area contributed by atoms with Crippen molar-refractivity contribution in [2.75, 3.05) is 6.54 Å². The zero-order chi connectivity index (χ0) is 12.0. The van der Waals surface area contributed by atoms with Crippen LogP contribution in [-0.2, 0) is 4.79 Å². The summed E-state index contributed by atoms with van der Waals surface area (Å²) in [7, 11) is 0. The molecule has 1 rings (SSSR count). The third-order valence-electron chi connectivity index (χ3n) is 1.83. The van der Waals surface area contributed by atoms with E-state index in [-0.39, 0.29) is 11.7 Å². The van der Waals surface area contributed by atoms with Crippen molar-refractivity contribution in [3.05, 3.63) is 29.1 Å². The molecular weight excluding hydrogens is 228 g/mol. The first kappa shape index (κ1) is 12.5. The molecule has 0 aliphatic rings. The zero-order valence-electron chi connectivity index (χ0n) is 8.90. The Morgan fingerprint density at radius 1 is 1.62 bits per heavy atom. The highest BCUT2D eigenvalue weighted by molar-refractivity contribution is 6.29. The lowest BCUT2D eigenvalue weighted by molar-refractivity contribution is -0.118. The number of halogens is 1. The van der Waals surface area contributed by atoms with Gasteiger partial charge < -0.3 is 10.4 Å². The molecule has 5 heteroatoms. The molecule has 0 radical (unpaired) electrons. The van der Waals surface area contributed by atoms with Crippen LogP contribution in [0.3, 0.4) is 0 Å². The summed E-state index contributed by atoms with van der Waals surface area (Å²) in [6.07, 6.45) is 4.16. The maximum atomic E-state index is 10.6. The molecule has 16 heavy (non-hydrogen) atoms. The molecule has 1 heterocycles. The summed E-state index contributed by atoms with van der Waals surface area (Å²) in [5.41, 5.74) is 0.426. The first-order chi connectivity index (χ1) is 7.59. The fourth-order valence-corrected chi connectivity index (χ4v) is 1.25. The average molecular weight is 241 g/mol. The molecule has 0 aliphatic carbocycles. The smallest absolute Gasteiger partial charge is 0.216 e. The van der Waals surface area contributed by atoms with E-state index in [2.05, 4.69) is 10.3 Å². The molecular formula is C11H13ClN2O2. The number of aromatic nitrogens is 1. The largest absolute Gasteiger partial charge is 0.506 e. The number of nitrogens with one attached hydrogen (secondary N) is 1. The monoisotopic (exact) mass is 240 g/mol. The van der Waals surface area contributed by atoms with Crippen LogP contribution in [0.1, 0.15) is 19.0 Å². The third-order valence-corrected chi connectivity index (χ3v) is 2.04. The number of carbonyl (C=O) groups excluding carboxylic acids is 1. The van der Waals surface area contributed by atoms with Gasteiger partial charge in [0.2, 0.25) is 5.91 Å². The van der Waals surface area contributed by atoms with Gasteiger partial charge >= 0.3 is 0 Å². The van der Waals surface area contributed by atoms with Crippen LogP contribution in [0.2, 0.25) is 5.15 Å². The molecule has 0 spiro atoms. The van der Waals surface area contributed by atoms with Crippen molar-refractivity contribution in [2.24, 2.45) is 0 Å². The van der Waals surface area contributed by atoms with Gasteiger partial charge in [0.15, 0.2) is 0 Å². The summed E-state index contributed by atoms with van der Waals surface area (Å²) in [5.74, 6) is 0.0253. The van der Waals surface area contributed by atoms with Crippen LogP contribution in [0.25, 0.3) is 6.08 Å². The summed E-state index contributed by atoms with van der Waals surface area (Å²) in [5, 5.41) is 12.4. The molecule has 0 aromatic carbocycles. The third kappa shape index (κ3) is 4.31. The zero-order valence-corrected chi connectivity index (χ0v) is 9.66. The van der Waals surface area contributed by atoms with Crippen molar-refractivity contribution >= 4 is 23.6 Å². The Morgan fingerprint density at radius 2 is 2.38 bits per heavy atom. The van der Waals surface area contributed by atoms with Crippen molar-refractivity contribution in [2.45, 2.75) is 13.3 Å².